The monoisotopic (exact) mass is 448 g/mol. The Balaban J connectivity index is 1.65. The highest BCUT2D eigenvalue weighted by Crippen LogP contribution is 2.17. The SMILES string of the molecule is Cc1c(NC(=O)c2ccc(=O)n(Cc3ccccc3Cl)c2)c(=O)n(-c2ccccc2)n1C. The van der Waals surface area contributed by atoms with Gasteiger partial charge >= 0.3 is 0 Å². The van der Waals surface area contributed by atoms with Crippen LogP contribution in [0.2, 0.25) is 5.02 Å². The number of rotatable bonds is 5. The lowest BCUT2D eigenvalue weighted by molar-refractivity contribution is 0.102. The number of pyridine rings is 1. The number of benzene rings is 2. The minimum absolute atomic E-state index is 0.185. The van der Waals surface area contributed by atoms with Crippen LogP contribution in [-0.2, 0) is 13.6 Å². The topological polar surface area (TPSA) is 78.0 Å². The summed E-state index contributed by atoms with van der Waals surface area (Å²) in [7, 11) is 1.75. The van der Waals surface area contributed by atoms with Crippen LogP contribution < -0.4 is 16.4 Å². The molecule has 0 saturated heterocycles. The van der Waals surface area contributed by atoms with Gasteiger partial charge in [-0.3, -0.25) is 19.1 Å². The van der Waals surface area contributed by atoms with E-state index >= 15 is 0 Å². The Bertz CT molecular complexity index is 1420. The highest BCUT2D eigenvalue weighted by Gasteiger charge is 2.19. The molecule has 4 rings (SSSR count). The van der Waals surface area contributed by atoms with Crippen LogP contribution in [0.1, 0.15) is 21.6 Å². The van der Waals surface area contributed by atoms with E-state index in [2.05, 4.69) is 5.32 Å². The summed E-state index contributed by atoms with van der Waals surface area (Å²) in [6.07, 6.45) is 1.47. The van der Waals surface area contributed by atoms with Gasteiger partial charge in [0.25, 0.3) is 17.0 Å². The fourth-order valence-corrected chi connectivity index (χ4v) is 3.69. The number of carbonyl (C=O) groups excluding carboxylic acids is 1. The molecule has 2 aromatic carbocycles. The predicted octanol–water partition coefficient (Wildman–Crippen LogP) is 3.60. The van der Waals surface area contributed by atoms with E-state index in [1.807, 2.05) is 48.5 Å². The number of hydrogen-bond acceptors (Lipinski definition) is 3. The van der Waals surface area contributed by atoms with E-state index in [0.717, 1.165) is 5.56 Å². The van der Waals surface area contributed by atoms with Crippen LogP contribution in [0.15, 0.2) is 82.5 Å². The van der Waals surface area contributed by atoms with Crippen LogP contribution in [0.4, 0.5) is 5.69 Å². The normalized spacial score (nSPS) is 10.8. The fourth-order valence-electron chi connectivity index (χ4n) is 3.50. The first-order chi connectivity index (χ1) is 15.4. The summed E-state index contributed by atoms with van der Waals surface area (Å²) in [6.45, 7) is 1.99. The van der Waals surface area contributed by atoms with Gasteiger partial charge in [0.15, 0.2) is 0 Å². The predicted molar refractivity (Wildman–Crippen MR) is 125 cm³/mol. The van der Waals surface area contributed by atoms with Gasteiger partial charge in [-0.05, 0) is 36.8 Å². The molecule has 1 amide bonds. The second-order valence-corrected chi connectivity index (χ2v) is 7.77. The molecule has 0 aliphatic heterocycles. The zero-order valence-electron chi connectivity index (χ0n) is 17.6. The highest BCUT2D eigenvalue weighted by atomic mass is 35.5. The van der Waals surface area contributed by atoms with E-state index in [4.69, 9.17) is 11.6 Å². The van der Waals surface area contributed by atoms with Crippen molar-refractivity contribution in [1.29, 1.82) is 0 Å². The molecule has 8 heteroatoms. The average molecular weight is 449 g/mol. The Kier molecular flexibility index (Phi) is 5.83. The molecular formula is C24H21ClN4O3. The minimum atomic E-state index is -0.482. The number of nitrogens with one attached hydrogen (secondary N) is 1. The molecule has 32 heavy (non-hydrogen) atoms. The molecule has 1 N–H and O–H groups in total. The van der Waals surface area contributed by atoms with Crippen LogP contribution in [0.25, 0.3) is 5.69 Å². The molecule has 7 nitrogen and oxygen atoms in total. The van der Waals surface area contributed by atoms with E-state index in [0.29, 0.717) is 16.4 Å². The lowest BCUT2D eigenvalue weighted by Crippen LogP contribution is -2.25. The Morgan fingerprint density at radius 2 is 1.66 bits per heavy atom. The Morgan fingerprint density at radius 3 is 2.38 bits per heavy atom. The number of hydrogen-bond donors (Lipinski definition) is 1. The quantitative estimate of drug-likeness (QED) is 0.506. The third-order valence-corrected chi connectivity index (χ3v) is 5.71. The van der Waals surface area contributed by atoms with E-state index in [1.165, 1.54) is 27.6 Å². The summed E-state index contributed by atoms with van der Waals surface area (Å²) in [5, 5.41) is 3.25. The van der Waals surface area contributed by atoms with Crippen LogP contribution in [-0.4, -0.2) is 19.8 Å². The largest absolute Gasteiger partial charge is 0.316 e. The van der Waals surface area contributed by atoms with E-state index < -0.39 is 5.91 Å². The molecule has 0 radical (unpaired) electrons. The van der Waals surface area contributed by atoms with Crippen LogP contribution in [0.3, 0.4) is 0 Å². The highest BCUT2D eigenvalue weighted by molar-refractivity contribution is 6.31. The summed E-state index contributed by atoms with van der Waals surface area (Å²) in [6, 6.07) is 19.1. The van der Waals surface area contributed by atoms with Crippen molar-refractivity contribution in [3.8, 4) is 5.69 Å². The third kappa shape index (κ3) is 4.02. The maximum Gasteiger partial charge on any atom is 0.295 e. The van der Waals surface area contributed by atoms with Crippen molar-refractivity contribution < 1.29 is 4.79 Å². The molecule has 0 atom stereocenters. The van der Waals surface area contributed by atoms with Gasteiger partial charge in [0.2, 0.25) is 0 Å². The number of para-hydroxylation sites is 1. The minimum Gasteiger partial charge on any atom is -0.316 e. The molecule has 0 aliphatic rings. The standard InChI is InChI=1S/C24H21ClN4O3/c1-16-22(24(32)29(27(16)2)19-9-4-3-5-10-19)26-23(31)18-12-13-21(30)28(15-18)14-17-8-6-7-11-20(17)25/h3-13,15H,14H2,1-2H3,(H,26,31). The molecule has 2 heterocycles. The molecule has 4 aromatic rings. The van der Waals surface area contributed by atoms with Crippen molar-refractivity contribution in [2.45, 2.75) is 13.5 Å². The molecule has 0 unspecified atom stereocenters. The van der Waals surface area contributed by atoms with Crippen LogP contribution in [0.5, 0.6) is 0 Å². The molecule has 0 aliphatic carbocycles. The van der Waals surface area contributed by atoms with Crippen molar-refractivity contribution in [2.75, 3.05) is 5.32 Å². The summed E-state index contributed by atoms with van der Waals surface area (Å²) in [5.74, 6) is -0.482. The lowest BCUT2D eigenvalue weighted by Gasteiger charge is -2.10. The Labute approximate surface area is 189 Å². The van der Waals surface area contributed by atoms with E-state index in [9.17, 15) is 14.4 Å². The van der Waals surface area contributed by atoms with Crippen molar-refractivity contribution >= 4 is 23.2 Å². The third-order valence-electron chi connectivity index (χ3n) is 5.34. The number of amides is 1. The van der Waals surface area contributed by atoms with Crippen molar-refractivity contribution in [2.24, 2.45) is 7.05 Å². The van der Waals surface area contributed by atoms with Crippen LogP contribution in [0, 0.1) is 6.92 Å². The van der Waals surface area contributed by atoms with Gasteiger partial charge in [-0.25, -0.2) is 4.68 Å². The van der Waals surface area contributed by atoms with E-state index in [1.54, 1.807) is 24.7 Å². The van der Waals surface area contributed by atoms with Crippen LogP contribution >= 0.6 is 11.6 Å². The average Bonchev–Trinajstić information content (AvgIpc) is 3.00. The Morgan fingerprint density at radius 1 is 0.969 bits per heavy atom. The van der Waals surface area contributed by atoms with Crippen molar-refractivity contribution in [3.63, 3.8) is 0 Å². The molecule has 0 fully saturated rings. The number of nitrogens with zero attached hydrogens (tertiary/aromatic N) is 3. The first-order valence-electron chi connectivity index (χ1n) is 9.96. The molecule has 0 saturated carbocycles. The second-order valence-electron chi connectivity index (χ2n) is 7.37. The van der Waals surface area contributed by atoms with Gasteiger partial charge in [-0.2, -0.15) is 0 Å². The first kappa shape index (κ1) is 21.4. The molecule has 0 bridgehead atoms. The summed E-state index contributed by atoms with van der Waals surface area (Å²) < 4.78 is 4.59. The van der Waals surface area contributed by atoms with E-state index in [-0.39, 0.29) is 28.9 Å². The van der Waals surface area contributed by atoms with Crippen molar-refractivity contribution in [1.82, 2.24) is 13.9 Å². The van der Waals surface area contributed by atoms with Gasteiger partial charge in [0.1, 0.15) is 5.69 Å². The molecule has 2 aromatic heterocycles. The Hall–Kier alpha value is -3.84. The van der Waals surface area contributed by atoms with Crippen molar-refractivity contribution in [3.05, 3.63) is 115 Å². The molecule has 162 valence electrons. The smallest absolute Gasteiger partial charge is 0.295 e. The van der Waals surface area contributed by atoms with Gasteiger partial charge in [0, 0.05) is 24.3 Å². The zero-order chi connectivity index (χ0) is 22.8. The van der Waals surface area contributed by atoms with Gasteiger partial charge < -0.3 is 9.88 Å². The number of carbonyl (C=O) groups is 1. The molecule has 0 spiro atoms. The fraction of sp³-hybridized carbons (Fsp3) is 0.125. The lowest BCUT2D eigenvalue weighted by atomic mass is 10.2. The zero-order valence-corrected chi connectivity index (χ0v) is 18.3. The molecular weight excluding hydrogens is 428 g/mol. The van der Waals surface area contributed by atoms with Gasteiger partial charge in [-0.1, -0.05) is 48.0 Å². The maximum atomic E-state index is 13.0. The number of anilines is 1. The van der Waals surface area contributed by atoms with Gasteiger partial charge in [0.05, 0.1) is 23.5 Å². The van der Waals surface area contributed by atoms with Gasteiger partial charge in [-0.15, -0.1) is 0 Å². The number of aromatic nitrogens is 3. The second kappa shape index (κ2) is 8.72. The summed E-state index contributed by atoms with van der Waals surface area (Å²) in [5.41, 5.74) is 1.90. The maximum absolute atomic E-state index is 13.0. The number of halogens is 1. The summed E-state index contributed by atoms with van der Waals surface area (Å²) in [4.78, 5) is 38.3. The summed E-state index contributed by atoms with van der Waals surface area (Å²) >= 11 is 6.20. The first-order valence-corrected chi connectivity index (χ1v) is 10.3.